The molecule has 1 amide bonds. The molecule has 8 nitrogen and oxygen atoms in total. The van der Waals surface area contributed by atoms with E-state index in [1.807, 2.05) is 39.0 Å². The number of aromatic nitrogens is 5. The highest BCUT2D eigenvalue weighted by atomic mass is 16.5. The van der Waals surface area contributed by atoms with Crippen molar-refractivity contribution >= 4 is 28.0 Å². The highest BCUT2D eigenvalue weighted by Gasteiger charge is 2.20. The van der Waals surface area contributed by atoms with Crippen LogP contribution in [-0.2, 0) is 0 Å². The van der Waals surface area contributed by atoms with Gasteiger partial charge in [0.1, 0.15) is 11.3 Å². The Kier molecular flexibility index (Phi) is 3.83. The van der Waals surface area contributed by atoms with Gasteiger partial charge in [0.15, 0.2) is 11.5 Å². The standard InChI is InChI=1S/C19H20N6O2/c1-19(2,3)24-18(26)13-9-20-17-16(13)23-15(10-21-17)25-14-6-5-12(27-4)7-11(14)8-22-25/h5-10H,1-4H3,(H,20,21)(H,24,26). The Morgan fingerprint density at radius 2 is 2.07 bits per heavy atom. The number of nitrogens with one attached hydrogen (secondary N) is 2. The van der Waals surface area contributed by atoms with E-state index in [0.717, 1.165) is 16.7 Å². The van der Waals surface area contributed by atoms with Gasteiger partial charge in [-0.2, -0.15) is 5.10 Å². The van der Waals surface area contributed by atoms with Gasteiger partial charge in [0, 0.05) is 17.1 Å². The molecule has 0 atom stereocenters. The van der Waals surface area contributed by atoms with E-state index in [9.17, 15) is 4.79 Å². The molecule has 0 aliphatic heterocycles. The molecule has 0 saturated carbocycles. The zero-order chi connectivity index (χ0) is 19.2. The second kappa shape index (κ2) is 6.08. The molecule has 138 valence electrons. The van der Waals surface area contributed by atoms with Crippen molar-refractivity contribution in [3.05, 3.63) is 42.4 Å². The van der Waals surface area contributed by atoms with Gasteiger partial charge in [-0.25, -0.2) is 14.6 Å². The summed E-state index contributed by atoms with van der Waals surface area (Å²) < 4.78 is 6.95. The third kappa shape index (κ3) is 3.10. The molecule has 3 aromatic heterocycles. The van der Waals surface area contributed by atoms with Crippen molar-refractivity contribution in [1.29, 1.82) is 0 Å². The highest BCUT2D eigenvalue weighted by molar-refractivity contribution is 6.04. The number of carbonyl (C=O) groups is 1. The summed E-state index contributed by atoms with van der Waals surface area (Å²) >= 11 is 0. The predicted octanol–water partition coefficient (Wildman–Crippen LogP) is 2.83. The molecule has 1 aromatic carbocycles. The van der Waals surface area contributed by atoms with Gasteiger partial charge in [-0.3, -0.25) is 4.79 Å². The second-order valence-corrected chi connectivity index (χ2v) is 7.31. The average molecular weight is 364 g/mol. The third-order valence-electron chi connectivity index (χ3n) is 4.09. The van der Waals surface area contributed by atoms with Crippen LogP contribution in [0.2, 0.25) is 0 Å². The lowest BCUT2D eigenvalue weighted by molar-refractivity contribution is 0.0921. The number of H-pyrrole nitrogens is 1. The van der Waals surface area contributed by atoms with E-state index in [1.165, 1.54) is 0 Å². The number of ether oxygens (including phenoxy) is 1. The Hall–Kier alpha value is -3.42. The Morgan fingerprint density at radius 1 is 1.26 bits per heavy atom. The van der Waals surface area contributed by atoms with Crippen LogP contribution in [0, 0.1) is 0 Å². The van der Waals surface area contributed by atoms with Gasteiger partial charge in [-0.1, -0.05) is 0 Å². The van der Waals surface area contributed by atoms with E-state index in [-0.39, 0.29) is 11.4 Å². The fourth-order valence-corrected chi connectivity index (χ4v) is 2.89. The minimum absolute atomic E-state index is 0.199. The van der Waals surface area contributed by atoms with Crippen molar-refractivity contribution < 1.29 is 9.53 Å². The van der Waals surface area contributed by atoms with Crippen molar-refractivity contribution in [2.24, 2.45) is 0 Å². The first-order chi connectivity index (χ1) is 12.9. The highest BCUT2D eigenvalue weighted by Crippen LogP contribution is 2.23. The molecule has 0 unspecified atom stereocenters. The summed E-state index contributed by atoms with van der Waals surface area (Å²) in [5, 5.41) is 8.29. The molecule has 0 radical (unpaired) electrons. The van der Waals surface area contributed by atoms with Gasteiger partial charge in [0.05, 0.1) is 30.6 Å². The minimum Gasteiger partial charge on any atom is -0.497 e. The Morgan fingerprint density at radius 3 is 2.81 bits per heavy atom. The molecular formula is C19H20N6O2. The topological polar surface area (TPSA) is 97.7 Å². The molecule has 8 heteroatoms. The molecule has 4 aromatic rings. The third-order valence-corrected chi connectivity index (χ3v) is 4.09. The first-order valence-electron chi connectivity index (χ1n) is 8.54. The van der Waals surface area contributed by atoms with Gasteiger partial charge in [0.25, 0.3) is 5.91 Å². The number of hydrogen-bond donors (Lipinski definition) is 2. The first kappa shape index (κ1) is 17.0. The lowest BCUT2D eigenvalue weighted by Gasteiger charge is -2.20. The number of fused-ring (bicyclic) bond motifs is 2. The van der Waals surface area contributed by atoms with Crippen LogP contribution in [0.4, 0.5) is 0 Å². The van der Waals surface area contributed by atoms with Crippen LogP contribution in [0.1, 0.15) is 31.1 Å². The number of methoxy groups -OCH3 is 1. The normalized spacial score (nSPS) is 11.9. The molecule has 0 fully saturated rings. The summed E-state index contributed by atoms with van der Waals surface area (Å²) in [4.78, 5) is 24.6. The van der Waals surface area contributed by atoms with Gasteiger partial charge in [-0.15, -0.1) is 0 Å². The second-order valence-electron chi connectivity index (χ2n) is 7.31. The Labute approximate surface area is 155 Å². The van der Waals surface area contributed by atoms with Crippen molar-refractivity contribution in [3.8, 4) is 11.6 Å². The fraction of sp³-hybridized carbons (Fsp3) is 0.263. The number of aromatic amines is 1. The Bertz CT molecular complexity index is 1150. The summed E-state index contributed by atoms with van der Waals surface area (Å²) in [6, 6.07) is 5.69. The van der Waals surface area contributed by atoms with Crippen molar-refractivity contribution in [3.63, 3.8) is 0 Å². The van der Waals surface area contributed by atoms with E-state index in [4.69, 9.17) is 4.74 Å². The maximum absolute atomic E-state index is 12.6. The molecule has 2 N–H and O–H groups in total. The monoisotopic (exact) mass is 364 g/mol. The molecule has 0 spiro atoms. The largest absolute Gasteiger partial charge is 0.497 e. The first-order valence-corrected chi connectivity index (χ1v) is 8.54. The maximum Gasteiger partial charge on any atom is 0.255 e. The minimum atomic E-state index is -0.344. The van der Waals surface area contributed by atoms with Crippen LogP contribution < -0.4 is 10.1 Å². The number of nitrogens with zero attached hydrogens (tertiary/aromatic N) is 4. The summed E-state index contributed by atoms with van der Waals surface area (Å²) in [6.07, 6.45) is 5.00. The van der Waals surface area contributed by atoms with E-state index in [2.05, 4.69) is 25.4 Å². The van der Waals surface area contributed by atoms with Crippen LogP contribution in [0.3, 0.4) is 0 Å². The van der Waals surface area contributed by atoms with Crippen molar-refractivity contribution in [2.45, 2.75) is 26.3 Å². The number of carbonyl (C=O) groups excluding carboxylic acids is 1. The number of rotatable bonds is 3. The summed E-state index contributed by atoms with van der Waals surface area (Å²) in [6.45, 7) is 5.79. The number of hydrogen-bond acceptors (Lipinski definition) is 5. The zero-order valence-electron chi connectivity index (χ0n) is 15.6. The van der Waals surface area contributed by atoms with Gasteiger partial charge in [0.2, 0.25) is 0 Å². The zero-order valence-corrected chi connectivity index (χ0v) is 15.6. The number of benzene rings is 1. The summed E-state index contributed by atoms with van der Waals surface area (Å²) in [7, 11) is 1.63. The lowest BCUT2D eigenvalue weighted by Crippen LogP contribution is -2.40. The summed E-state index contributed by atoms with van der Waals surface area (Å²) in [5.74, 6) is 1.10. The fourth-order valence-electron chi connectivity index (χ4n) is 2.89. The van der Waals surface area contributed by atoms with E-state index in [1.54, 1.807) is 30.4 Å². The van der Waals surface area contributed by atoms with Crippen LogP contribution >= 0.6 is 0 Å². The summed E-state index contributed by atoms with van der Waals surface area (Å²) in [5.41, 5.74) is 2.04. The quantitative estimate of drug-likeness (QED) is 0.582. The predicted molar refractivity (Wildman–Crippen MR) is 102 cm³/mol. The van der Waals surface area contributed by atoms with E-state index in [0.29, 0.717) is 22.5 Å². The molecule has 27 heavy (non-hydrogen) atoms. The van der Waals surface area contributed by atoms with Crippen LogP contribution in [0.5, 0.6) is 5.75 Å². The molecular weight excluding hydrogens is 344 g/mol. The van der Waals surface area contributed by atoms with Crippen LogP contribution in [0.15, 0.2) is 36.8 Å². The van der Waals surface area contributed by atoms with Crippen molar-refractivity contribution in [2.75, 3.05) is 7.11 Å². The molecule has 0 saturated heterocycles. The van der Waals surface area contributed by atoms with Crippen LogP contribution in [0.25, 0.3) is 27.9 Å². The maximum atomic E-state index is 12.6. The smallest absolute Gasteiger partial charge is 0.255 e. The van der Waals surface area contributed by atoms with E-state index < -0.39 is 0 Å². The molecule has 0 aliphatic carbocycles. The molecule has 4 rings (SSSR count). The van der Waals surface area contributed by atoms with Gasteiger partial charge >= 0.3 is 0 Å². The van der Waals surface area contributed by atoms with Gasteiger partial charge < -0.3 is 15.0 Å². The number of amides is 1. The van der Waals surface area contributed by atoms with E-state index >= 15 is 0 Å². The molecule has 0 bridgehead atoms. The van der Waals surface area contributed by atoms with Gasteiger partial charge in [-0.05, 0) is 39.0 Å². The SMILES string of the molecule is COc1ccc2c(cnn2-c2cnc3[nH]cc(C(=O)NC(C)(C)C)c3n2)c1. The molecule has 3 heterocycles. The van der Waals surface area contributed by atoms with Crippen LogP contribution in [-0.4, -0.2) is 43.3 Å². The Balaban J connectivity index is 1.80. The average Bonchev–Trinajstić information content (AvgIpc) is 3.23. The van der Waals surface area contributed by atoms with Crippen molar-refractivity contribution in [1.82, 2.24) is 30.0 Å². The molecule has 0 aliphatic rings. The lowest BCUT2D eigenvalue weighted by atomic mass is 10.1.